The van der Waals surface area contributed by atoms with E-state index >= 15 is 0 Å². The third kappa shape index (κ3) is 3.82. The van der Waals surface area contributed by atoms with Gasteiger partial charge in [-0.3, -0.25) is 9.78 Å². The first kappa shape index (κ1) is 15.5. The van der Waals surface area contributed by atoms with Crippen LogP contribution in [-0.4, -0.2) is 14.8 Å². The standard InChI is InChI=1S/C15H19ClN4O/c1-10(2)9-20-15(21)14(16)13(8-18-20)19-11(3)12-5-4-6-17-7-12/h4-8,10-11,19H,9H2,1-3H3. The van der Waals surface area contributed by atoms with E-state index in [4.69, 9.17) is 11.6 Å². The van der Waals surface area contributed by atoms with E-state index in [2.05, 4.69) is 15.4 Å². The quantitative estimate of drug-likeness (QED) is 0.922. The second-order valence-corrected chi connectivity index (χ2v) is 5.78. The largest absolute Gasteiger partial charge is 0.376 e. The van der Waals surface area contributed by atoms with Crippen molar-refractivity contribution in [3.05, 3.63) is 51.7 Å². The van der Waals surface area contributed by atoms with Crippen LogP contribution in [0.4, 0.5) is 5.69 Å². The van der Waals surface area contributed by atoms with Gasteiger partial charge in [-0.25, -0.2) is 4.68 Å². The number of pyridine rings is 1. The van der Waals surface area contributed by atoms with E-state index in [1.54, 1.807) is 18.6 Å². The minimum absolute atomic E-state index is 0.0154. The molecule has 0 bridgehead atoms. The van der Waals surface area contributed by atoms with Crippen molar-refractivity contribution < 1.29 is 0 Å². The lowest BCUT2D eigenvalue weighted by atomic mass is 10.1. The average molecular weight is 307 g/mol. The second kappa shape index (κ2) is 6.72. The Morgan fingerprint density at radius 2 is 2.10 bits per heavy atom. The molecule has 5 nitrogen and oxygen atoms in total. The number of nitrogens with one attached hydrogen (secondary N) is 1. The van der Waals surface area contributed by atoms with Gasteiger partial charge in [-0.15, -0.1) is 0 Å². The lowest BCUT2D eigenvalue weighted by Crippen LogP contribution is -2.26. The molecule has 2 rings (SSSR count). The predicted molar refractivity (Wildman–Crippen MR) is 84.6 cm³/mol. The van der Waals surface area contributed by atoms with Crippen molar-refractivity contribution in [1.82, 2.24) is 14.8 Å². The van der Waals surface area contributed by atoms with E-state index in [0.29, 0.717) is 18.2 Å². The number of halogens is 1. The summed E-state index contributed by atoms with van der Waals surface area (Å²) < 4.78 is 1.40. The molecule has 1 N–H and O–H groups in total. The molecule has 112 valence electrons. The number of anilines is 1. The maximum atomic E-state index is 12.2. The third-order valence-electron chi connectivity index (χ3n) is 3.08. The van der Waals surface area contributed by atoms with Crippen molar-refractivity contribution in [3.8, 4) is 0 Å². The van der Waals surface area contributed by atoms with Gasteiger partial charge in [0.2, 0.25) is 0 Å². The summed E-state index contributed by atoms with van der Waals surface area (Å²) in [5.74, 6) is 0.333. The van der Waals surface area contributed by atoms with Crippen molar-refractivity contribution in [3.63, 3.8) is 0 Å². The zero-order chi connectivity index (χ0) is 15.4. The molecule has 1 unspecified atom stereocenters. The van der Waals surface area contributed by atoms with Gasteiger partial charge in [-0.1, -0.05) is 31.5 Å². The number of hydrogen-bond donors (Lipinski definition) is 1. The molecule has 0 saturated carbocycles. The van der Waals surface area contributed by atoms with Crippen LogP contribution in [0.3, 0.4) is 0 Å². The Labute approximate surface area is 129 Å². The van der Waals surface area contributed by atoms with Gasteiger partial charge in [0, 0.05) is 18.9 Å². The van der Waals surface area contributed by atoms with E-state index in [0.717, 1.165) is 5.56 Å². The highest BCUT2D eigenvalue weighted by atomic mass is 35.5. The lowest BCUT2D eigenvalue weighted by Gasteiger charge is -2.16. The van der Waals surface area contributed by atoms with Gasteiger partial charge in [-0.05, 0) is 24.5 Å². The van der Waals surface area contributed by atoms with Gasteiger partial charge in [0.15, 0.2) is 0 Å². The van der Waals surface area contributed by atoms with Crippen LogP contribution >= 0.6 is 11.6 Å². The first-order valence-electron chi connectivity index (χ1n) is 6.91. The van der Waals surface area contributed by atoms with Crippen LogP contribution in [0.25, 0.3) is 0 Å². The normalized spacial score (nSPS) is 12.4. The second-order valence-electron chi connectivity index (χ2n) is 5.41. The molecule has 2 heterocycles. The van der Waals surface area contributed by atoms with Gasteiger partial charge in [-0.2, -0.15) is 5.10 Å². The van der Waals surface area contributed by atoms with Gasteiger partial charge in [0.05, 0.1) is 17.9 Å². The van der Waals surface area contributed by atoms with Crippen LogP contribution in [0, 0.1) is 5.92 Å². The topological polar surface area (TPSA) is 59.8 Å². The fourth-order valence-electron chi connectivity index (χ4n) is 1.99. The molecule has 6 heteroatoms. The lowest BCUT2D eigenvalue weighted by molar-refractivity contribution is 0.464. The number of rotatable bonds is 5. The Balaban J connectivity index is 2.22. The summed E-state index contributed by atoms with van der Waals surface area (Å²) in [5, 5.41) is 7.54. The molecule has 0 saturated heterocycles. The molecule has 2 aromatic rings. The van der Waals surface area contributed by atoms with Gasteiger partial charge in [0.1, 0.15) is 5.02 Å². The van der Waals surface area contributed by atoms with E-state index in [9.17, 15) is 4.79 Å². The average Bonchev–Trinajstić information content (AvgIpc) is 2.47. The van der Waals surface area contributed by atoms with Crippen LogP contribution in [0.2, 0.25) is 5.02 Å². The van der Waals surface area contributed by atoms with Crippen LogP contribution < -0.4 is 10.9 Å². The zero-order valence-electron chi connectivity index (χ0n) is 12.4. The predicted octanol–water partition coefficient (Wildman–Crippen LogP) is 3.12. The van der Waals surface area contributed by atoms with Gasteiger partial charge < -0.3 is 5.32 Å². The molecule has 21 heavy (non-hydrogen) atoms. The van der Waals surface area contributed by atoms with Crippen LogP contribution in [-0.2, 0) is 6.54 Å². The maximum absolute atomic E-state index is 12.2. The van der Waals surface area contributed by atoms with Crippen LogP contribution in [0.1, 0.15) is 32.4 Å². The summed E-state index contributed by atoms with van der Waals surface area (Å²) in [5.41, 5.74) is 1.28. The van der Waals surface area contributed by atoms with Crippen molar-refractivity contribution >= 4 is 17.3 Å². The fraction of sp³-hybridized carbons (Fsp3) is 0.400. The summed E-state index contributed by atoms with van der Waals surface area (Å²) in [6, 6.07) is 3.82. The Morgan fingerprint density at radius 3 is 2.71 bits per heavy atom. The van der Waals surface area contributed by atoms with Crippen molar-refractivity contribution in [2.75, 3.05) is 5.32 Å². The summed E-state index contributed by atoms with van der Waals surface area (Å²) in [6.07, 6.45) is 5.09. The molecule has 0 spiro atoms. The maximum Gasteiger partial charge on any atom is 0.287 e. The Kier molecular flexibility index (Phi) is 4.96. The first-order valence-corrected chi connectivity index (χ1v) is 7.29. The summed E-state index contributed by atoms with van der Waals surface area (Å²) >= 11 is 6.16. The number of hydrogen-bond acceptors (Lipinski definition) is 4. The Bertz CT molecular complexity index is 654. The monoisotopic (exact) mass is 306 g/mol. The molecule has 0 amide bonds. The van der Waals surface area contributed by atoms with Crippen molar-refractivity contribution in [2.24, 2.45) is 5.92 Å². The first-order chi connectivity index (χ1) is 9.99. The van der Waals surface area contributed by atoms with E-state index in [1.807, 2.05) is 32.9 Å². The molecule has 0 radical (unpaired) electrons. The highest BCUT2D eigenvalue weighted by Gasteiger charge is 2.13. The smallest absolute Gasteiger partial charge is 0.287 e. The SMILES string of the molecule is CC(C)Cn1ncc(NC(C)c2cccnc2)c(Cl)c1=O. The highest BCUT2D eigenvalue weighted by molar-refractivity contribution is 6.32. The van der Waals surface area contributed by atoms with E-state index in [1.165, 1.54) is 4.68 Å². The van der Waals surface area contributed by atoms with Gasteiger partial charge in [0.25, 0.3) is 5.56 Å². The Morgan fingerprint density at radius 1 is 1.33 bits per heavy atom. The van der Waals surface area contributed by atoms with Crippen LogP contribution in [0.15, 0.2) is 35.5 Å². The third-order valence-corrected chi connectivity index (χ3v) is 3.44. The molecule has 0 aliphatic rings. The fourth-order valence-corrected chi connectivity index (χ4v) is 2.19. The Hall–Kier alpha value is -1.88. The summed E-state index contributed by atoms with van der Waals surface area (Å²) in [4.78, 5) is 16.2. The van der Waals surface area contributed by atoms with Gasteiger partial charge >= 0.3 is 0 Å². The molecule has 0 aliphatic carbocycles. The molecule has 0 fully saturated rings. The molecule has 0 aromatic carbocycles. The van der Waals surface area contributed by atoms with Crippen molar-refractivity contribution in [1.29, 1.82) is 0 Å². The molecular weight excluding hydrogens is 288 g/mol. The number of aromatic nitrogens is 3. The van der Waals surface area contributed by atoms with Crippen molar-refractivity contribution in [2.45, 2.75) is 33.4 Å². The zero-order valence-corrected chi connectivity index (χ0v) is 13.1. The minimum Gasteiger partial charge on any atom is -0.376 e. The molecule has 1 atom stereocenters. The summed E-state index contributed by atoms with van der Waals surface area (Å²) in [7, 11) is 0. The highest BCUT2D eigenvalue weighted by Crippen LogP contribution is 2.22. The van der Waals surface area contributed by atoms with E-state index < -0.39 is 0 Å². The molecule has 2 aromatic heterocycles. The summed E-state index contributed by atoms with van der Waals surface area (Å²) in [6.45, 7) is 6.58. The van der Waals surface area contributed by atoms with E-state index in [-0.39, 0.29) is 16.6 Å². The number of nitrogens with zero attached hydrogens (tertiary/aromatic N) is 3. The minimum atomic E-state index is -0.270. The van der Waals surface area contributed by atoms with Crippen LogP contribution in [0.5, 0.6) is 0 Å². The molecular formula is C15H19ClN4O. The molecule has 0 aliphatic heterocycles.